The molecule has 154 valence electrons. The van der Waals surface area contributed by atoms with Crippen molar-refractivity contribution in [2.75, 3.05) is 7.11 Å². The highest BCUT2D eigenvalue weighted by atomic mass is 32.1. The second-order valence-corrected chi connectivity index (χ2v) is 7.98. The molecule has 2 heterocycles. The number of thiophene rings is 1. The van der Waals surface area contributed by atoms with E-state index in [1.807, 2.05) is 67.1 Å². The lowest BCUT2D eigenvalue weighted by Gasteiger charge is -2.18. The average Bonchev–Trinajstić information content (AvgIpc) is 3.31. The van der Waals surface area contributed by atoms with Crippen LogP contribution in [0, 0.1) is 0 Å². The van der Waals surface area contributed by atoms with Crippen molar-refractivity contribution in [3.05, 3.63) is 53.0 Å². The van der Waals surface area contributed by atoms with Gasteiger partial charge < -0.3 is 19.4 Å². The van der Waals surface area contributed by atoms with Gasteiger partial charge in [0.05, 0.1) is 17.3 Å². The van der Waals surface area contributed by atoms with Gasteiger partial charge in [0.25, 0.3) is 5.91 Å². The zero-order valence-electron chi connectivity index (χ0n) is 17.1. The Morgan fingerprint density at radius 2 is 1.90 bits per heavy atom. The quantitative estimate of drug-likeness (QED) is 0.549. The third-order valence-corrected chi connectivity index (χ3v) is 5.58. The van der Waals surface area contributed by atoms with Gasteiger partial charge in [0.2, 0.25) is 0 Å². The van der Waals surface area contributed by atoms with Crippen LogP contribution in [0.5, 0.6) is 5.75 Å². The van der Waals surface area contributed by atoms with Gasteiger partial charge in [-0.05, 0) is 55.5 Å². The number of ether oxygens (including phenoxy) is 2. The van der Waals surface area contributed by atoms with E-state index in [1.165, 1.54) is 0 Å². The number of aromatic nitrogens is 1. The van der Waals surface area contributed by atoms with Gasteiger partial charge in [0.1, 0.15) is 11.4 Å². The highest BCUT2D eigenvalue weighted by Crippen LogP contribution is 2.29. The van der Waals surface area contributed by atoms with Crippen LogP contribution in [0.15, 0.2) is 41.8 Å². The van der Waals surface area contributed by atoms with Gasteiger partial charge in [-0.1, -0.05) is 19.1 Å². The number of benzene rings is 1. The molecular weight excluding hydrogens is 388 g/mol. The lowest BCUT2D eigenvalue weighted by molar-refractivity contribution is -0.130. The number of carbonyl (C=O) groups excluding carboxylic acids is 2. The van der Waals surface area contributed by atoms with E-state index >= 15 is 0 Å². The topological polar surface area (TPSA) is 69.6 Å². The van der Waals surface area contributed by atoms with Crippen molar-refractivity contribution in [2.45, 2.75) is 45.9 Å². The summed E-state index contributed by atoms with van der Waals surface area (Å²) in [6.07, 6.45) is -0.439. The highest BCUT2D eigenvalue weighted by molar-refractivity contribution is 7.17. The molecule has 29 heavy (non-hydrogen) atoms. The summed E-state index contributed by atoms with van der Waals surface area (Å²) in [4.78, 5) is 25.4. The average molecular weight is 415 g/mol. The molecule has 1 amide bonds. The Morgan fingerprint density at radius 1 is 1.17 bits per heavy atom. The van der Waals surface area contributed by atoms with Crippen molar-refractivity contribution < 1.29 is 19.1 Å². The minimum atomic E-state index is -0.839. The van der Waals surface area contributed by atoms with E-state index in [2.05, 4.69) is 5.32 Å². The van der Waals surface area contributed by atoms with Crippen LogP contribution in [0.1, 0.15) is 49.3 Å². The lowest BCUT2D eigenvalue weighted by atomic mass is 10.2. The number of fused-ring (bicyclic) bond motifs is 1. The molecule has 1 aromatic carbocycles. The fraction of sp³-hybridized carbons (Fsp3) is 0.364. The van der Waals surface area contributed by atoms with Gasteiger partial charge >= 0.3 is 5.97 Å². The Kier molecular flexibility index (Phi) is 6.59. The van der Waals surface area contributed by atoms with E-state index in [1.54, 1.807) is 18.4 Å². The first-order chi connectivity index (χ1) is 13.9. The van der Waals surface area contributed by atoms with Gasteiger partial charge in [-0.25, -0.2) is 4.79 Å². The summed E-state index contributed by atoms with van der Waals surface area (Å²) in [7, 11) is 1.61. The number of hydrogen-bond donors (Lipinski definition) is 1. The number of nitrogens with one attached hydrogen (secondary N) is 1. The maximum Gasteiger partial charge on any atom is 0.355 e. The highest BCUT2D eigenvalue weighted by Gasteiger charge is 2.25. The summed E-state index contributed by atoms with van der Waals surface area (Å²) in [5.74, 6) is -0.0248. The van der Waals surface area contributed by atoms with Crippen LogP contribution in [0.25, 0.3) is 10.2 Å². The summed E-state index contributed by atoms with van der Waals surface area (Å²) >= 11 is 1.58. The molecular formula is C22H26N2O4S. The summed E-state index contributed by atoms with van der Waals surface area (Å²) in [6, 6.07) is 11.4. The first kappa shape index (κ1) is 20.9. The van der Waals surface area contributed by atoms with Gasteiger partial charge in [-0.2, -0.15) is 0 Å². The third kappa shape index (κ3) is 4.62. The molecule has 1 atom stereocenters. The predicted octanol–water partition coefficient (Wildman–Crippen LogP) is 4.54. The van der Waals surface area contributed by atoms with E-state index in [0.717, 1.165) is 21.5 Å². The van der Waals surface area contributed by atoms with E-state index < -0.39 is 12.1 Å². The summed E-state index contributed by atoms with van der Waals surface area (Å²) < 4.78 is 13.7. The predicted molar refractivity (Wildman–Crippen MR) is 115 cm³/mol. The van der Waals surface area contributed by atoms with Gasteiger partial charge in [-0.15, -0.1) is 11.3 Å². The molecule has 6 nitrogen and oxygen atoms in total. The molecule has 0 bridgehead atoms. The molecule has 0 aliphatic carbocycles. The Hall–Kier alpha value is -2.80. The number of nitrogens with zero attached hydrogens (tertiary/aromatic N) is 1. The second-order valence-electron chi connectivity index (χ2n) is 7.03. The van der Waals surface area contributed by atoms with Gasteiger partial charge in [-0.3, -0.25) is 4.79 Å². The number of amides is 1. The van der Waals surface area contributed by atoms with Crippen LogP contribution < -0.4 is 10.1 Å². The van der Waals surface area contributed by atoms with Gasteiger partial charge in [0.15, 0.2) is 6.10 Å². The molecule has 0 saturated carbocycles. The number of rotatable bonds is 8. The fourth-order valence-corrected chi connectivity index (χ4v) is 4.03. The van der Waals surface area contributed by atoms with Crippen LogP contribution in [-0.4, -0.2) is 29.7 Å². The summed E-state index contributed by atoms with van der Waals surface area (Å²) in [5.41, 5.74) is 2.42. The second kappa shape index (κ2) is 9.13. The van der Waals surface area contributed by atoms with E-state index in [-0.39, 0.29) is 11.9 Å². The summed E-state index contributed by atoms with van der Waals surface area (Å²) in [6.45, 7) is 6.22. The molecule has 0 spiro atoms. The van der Waals surface area contributed by atoms with Crippen LogP contribution in [-0.2, 0) is 16.1 Å². The maximum atomic E-state index is 12.8. The van der Waals surface area contributed by atoms with E-state index in [4.69, 9.17) is 9.47 Å². The van der Waals surface area contributed by atoms with Crippen molar-refractivity contribution in [3.63, 3.8) is 0 Å². The van der Waals surface area contributed by atoms with Crippen molar-refractivity contribution in [1.29, 1.82) is 0 Å². The molecule has 3 aromatic rings. The number of hydrogen-bond acceptors (Lipinski definition) is 5. The molecule has 2 aromatic heterocycles. The lowest BCUT2D eigenvalue weighted by Crippen LogP contribution is -2.37. The molecule has 0 aliphatic rings. The Labute approximate surface area is 174 Å². The van der Waals surface area contributed by atoms with Crippen molar-refractivity contribution >= 4 is 33.4 Å². The van der Waals surface area contributed by atoms with E-state index in [0.29, 0.717) is 18.7 Å². The van der Waals surface area contributed by atoms with Crippen LogP contribution in [0.3, 0.4) is 0 Å². The van der Waals surface area contributed by atoms with Crippen LogP contribution in [0.2, 0.25) is 0 Å². The fourth-order valence-electron chi connectivity index (χ4n) is 3.22. The zero-order chi connectivity index (χ0) is 21.0. The van der Waals surface area contributed by atoms with Crippen LogP contribution in [0.4, 0.5) is 0 Å². The molecule has 7 heteroatoms. The molecule has 3 rings (SSSR count). The molecule has 0 saturated heterocycles. The minimum Gasteiger partial charge on any atom is -0.497 e. The molecule has 1 N–H and O–H groups in total. The standard InChI is InChI=1S/C22H26N2O4S/c1-5-19(21(25)23-13-15-6-8-16(27-4)9-7-15)28-22(26)18-12-20-17(10-11-29-20)24(18)14(2)3/h6-12,14,19H,5,13H2,1-4H3,(H,23,25)/t19-/m0/s1. The largest absolute Gasteiger partial charge is 0.497 e. The first-order valence-electron chi connectivity index (χ1n) is 9.64. The third-order valence-electron chi connectivity index (χ3n) is 4.72. The molecule has 0 unspecified atom stereocenters. The molecule has 0 radical (unpaired) electrons. The first-order valence-corrected chi connectivity index (χ1v) is 10.5. The Bertz CT molecular complexity index is 988. The molecule has 0 aliphatic heterocycles. The maximum absolute atomic E-state index is 12.8. The van der Waals surface area contributed by atoms with E-state index in [9.17, 15) is 9.59 Å². The van der Waals surface area contributed by atoms with Gasteiger partial charge in [0, 0.05) is 12.6 Å². The smallest absolute Gasteiger partial charge is 0.355 e. The summed E-state index contributed by atoms with van der Waals surface area (Å²) in [5, 5.41) is 4.84. The van der Waals surface area contributed by atoms with Crippen molar-refractivity contribution in [2.24, 2.45) is 0 Å². The number of carbonyl (C=O) groups is 2. The van der Waals surface area contributed by atoms with Crippen molar-refractivity contribution in [3.8, 4) is 5.75 Å². The number of esters is 1. The zero-order valence-corrected chi connectivity index (χ0v) is 17.9. The van der Waals surface area contributed by atoms with Crippen molar-refractivity contribution in [1.82, 2.24) is 9.88 Å². The normalized spacial score (nSPS) is 12.2. The minimum absolute atomic E-state index is 0.105. The molecule has 0 fully saturated rings. The monoisotopic (exact) mass is 414 g/mol. The Balaban J connectivity index is 1.67. The SMILES string of the molecule is CC[C@H](OC(=O)c1cc2sccc2n1C(C)C)C(=O)NCc1ccc(OC)cc1. The number of methoxy groups -OCH3 is 1. The van der Waals surface area contributed by atoms with Crippen LogP contribution >= 0.6 is 11.3 Å². The Morgan fingerprint density at radius 3 is 2.52 bits per heavy atom.